The van der Waals surface area contributed by atoms with E-state index in [1.165, 1.54) is 23.8 Å². The Morgan fingerprint density at radius 2 is 1.31 bits per heavy atom. The first-order chi connectivity index (χ1) is 27.8. The van der Waals surface area contributed by atoms with Gasteiger partial charge in [0, 0.05) is 37.9 Å². The minimum atomic E-state index is -1.32. The number of nitrogens with one attached hydrogen (secondary N) is 2. The van der Waals surface area contributed by atoms with Crippen molar-refractivity contribution < 1.29 is 52.7 Å². The number of hydroxylamine groups is 2. The van der Waals surface area contributed by atoms with Crippen LogP contribution < -0.4 is 10.6 Å². The molecule has 0 bridgehead atoms. The van der Waals surface area contributed by atoms with E-state index in [9.17, 15) is 38.4 Å². The van der Waals surface area contributed by atoms with Crippen LogP contribution in [0.15, 0.2) is 42.0 Å². The summed E-state index contributed by atoms with van der Waals surface area (Å²) in [6, 6.07) is 5.04. The van der Waals surface area contributed by atoms with Gasteiger partial charge >= 0.3 is 18.0 Å². The zero-order valence-electron chi connectivity index (χ0n) is 39.0. The van der Waals surface area contributed by atoms with Gasteiger partial charge < -0.3 is 29.8 Å². The average molecular weight is 856 g/mol. The predicted molar refractivity (Wildman–Crippen MR) is 228 cm³/mol. The fourth-order valence-electron chi connectivity index (χ4n) is 6.72. The van der Waals surface area contributed by atoms with E-state index in [1.807, 2.05) is 78.8 Å². The van der Waals surface area contributed by atoms with Crippen molar-refractivity contribution in [2.45, 2.75) is 163 Å². The van der Waals surface area contributed by atoms with Crippen molar-refractivity contribution in [1.29, 1.82) is 0 Å². The molecule has 2 N–H and O–H groups in total. The van der Waals surface area contributed by atoms with Gasteiger partial charge in [0.25, 0.3) is 11.8 Å². The lowest BCUT2D eigenvalue weighted by atomic mass is 9.76. The Bertz CT molecular complexity index is 1800. The number of esters is 1. The molecule has 1 fully saturated rings. The number of likely N-dealkylation sites (N-methyl/N-ethyl adjacent to an activating group) is 2. The molecule has 2 rings (SSSR count). The Labute approximate surface area is 361 Å². The van der Waals surface area contributed by atoms with Gasteiger partial charge in [-0.15, -0.1) is 5.06 Å². The quantitative estimate of drug-likeness (QED) is 0.123. The molecule has 16 heteroatoms. The van der Waals surface area contributed by atoms with E-state index >= 15 is 0 Å². The van der Waals surface area contributed by atoms with Crippen LogP contribution in [0.1, 0.15) is 128 Å². The lowest BCUT2D eigenvalue weighted by Gasteiger charge is -2.42. The summed E-state index contributed by atoms with van der Waals surface area (Å²) < 4.78 is 11.2. The van der Waals surface area contributed by atoms with E-state index in [-0.39, 0.29) is 30.8 Å². The monoisotopic (exact) mass is 855 g/mol. The van der Waals surface area contributed by atoms with Gasteiger partial charge in [0.05, 0.1) is 12.5 Å². The van der Waals surface area contributed by atoms with Crippen molar-refractivity contribution >= 4 is 47.6 Å². The van der Waals surface area contributed by atoms with Crippen LogP contribution in [-0.2, 0) is 53.3 Å². The zero-order valence-corrected chi connectivity index (χ0v) is 39.0. The molecule has 0 unspecified atom stereocenters. The van der Waals surface area contributed by atoms with Crippen molar-refractivity contribution in [3.05, 3.63) is 47.5 Å². The molecule has 0 aliphatic carbocycles. The maximum absolute atomic E-state index is 14.6. The topological polar surface area (TPSA) is 198 Å². The molecule has 61 heavy (non-hydrogen) atoms. The summed E-state index contributed by atoms with van der Waals surface area (Å²) in [5.41, 5.74) is -2.64. The average Bonchev–Trinajstić information content (AvgIpc) is 3.43. The number of imide groups is 1. The highest BCUT2D eigenvalue weighted by atomic mass is 16.7. The fourth-order valence-corrected chi connectivity index (χ4v) is 6.72. The zero-order chi connectivity index (χ0) is 47.0. The number of carbonyl (C=O) groups is 8. The minimum Gasteiger partial charge on any atom is -0.458 e. The highest BCUT2D eigenvalue weighted by Crippen LogP contribution is 2.32. The molecule has 1 aromatic carbocycles. The lowest BCUT2D eigenvalue weighted by molar-refractivity contribution is -0.197. The second-order valence-corrected chi connectivity index (χ2v) is 19.6. The maximum Gasteiger partial charge on any atom is 0.410 e. The largest absolute Gasteiger partial charge is 0.458 e. The van der Waals surface area contributed by atoms with Crippen molar-refractivity contribution in [1.82, 2.24) is 25.5 Å². The van der Waals surface area contributed by atoms with Crippen molar-refractivity contribution in [3.63, 3.8) is 0 Å². The molecule has 0 radical (unpaired) electrons. The van der Waals surface area contributed by atoms with Crippen molar-refractivity contribution in [3.8, 4) is 0 Å². The number of benzene rings is 1. The number of hydrogen-bond acceptors (Lipinski definition) is 11. The number of ether oxygens (including phenoxy) is 2. The summed E-state index contributed by atoms with van der Waals surface area (Å²) in [6.45, 7) is 24.5. The van der Waals surface area contributed by atoms with Gasteiger partial charge in [0.2, 0.25) is 17.7 Å². The van der Waals surface area contributed by atoms with E-state index < -0.39 is 100 Å². The Kier molecular flexibility index (Phi) is 17.4. The normalized spacial score (nSPS) is 16.0. The predicted octanol–water partition coefficient (Wildman–Crippen LogP) is 5.37. The molecule has 16 nitrogen and oxygen atoms in total. The number of nitrogens with zero attached hydrogens (tertiary/aromatic N) is 3. The first kappa shape index (κ1) is 51.9. The van der Waals surface area contributed by atoms with Gasteiger partial charge in [-0.25, -0.2) is 14.4 Å². The number of carbonyl (C=O) groups excluding carboxylic acids is 8. The van der Waals surface area contributed by atoms with E-state index in [2.05, 4.69) is 10.6 Å². The van der Waals surface area contributed by atoms with Gasteiger partial charge in [0.1, 0.15) is 29.3 Å². The molecule has 6 amide bonds. The smallest absolute Gasteiger partial charge is 0.410 e. The number of rotatable bonds is 16. The Hall–Kier alpha value is -5.28. The lowest BCUT2D eigenvalue weighted by Crippen LogP contribution is -2.63. The molecule has 0 spiro atoms. The Morgan fingerprint density at radius 1 is 0.787 bits per heavy atom. The van der Waals surface area contributed by atoms with Crippen LogP contribution in [0.2, 0.25) is 0 Å². The number of hydrogen-bond donors (Lipinski definition) is 2. The van der Waals surface area contributed by atoms with Gasteiger partial charge in [-0.3, -0.25) is 28.9 Å². The molecule has 1 aromatic rings. The summed E-state index contributed by atoms with van der Waals surface area (Å²) in [6.07, 6.45) is -0.00467. The third kappa shape index (κ3) is 15.0. The van der Waals surface area contributed by atoms with Crippen LogP contribution in [0, 0.1) is 11.3 Å². The van der Waals surface area contributed by atoms with E-state index in [0.29, 0.717) is 5.06 Å². The van der Waals surface area contributed by atoms with Gasteiger partial charge in [-0.2, -0.15) is 0 Å². The molecule has 1 heterocycles. The van der Waals surface area contributed by atoms with Gasteiger partial charge in [-0.05, 0) is 71.8 Å². The maximum atomic E-state index is 14.6. The SMILES string of the molecule is C/C(=C\[C@H](C(C)C)N(C)C(=O)[C@@H](NC(=O)[C@@H](N(C)C(=O)OC(C)(C)C)C(C)(C)c1ccccc1)C(C)(C)C)C(=O)N[C@H](CCC(=O)ON1C(=O)CCC1=O)C(=O)OC(C)(C)C. The molecule has 4 atom stereocenters. The molecule has 1 saturated heterocycles. The van der Waals surface area contributed by atoms with E-state index in [4.69, 9.17) is 14.3 Å². The standard InChI is InChI=1S/C45H69N5O11/c1-27(2)31(26-28(3)37(54)46-30(40(57)59-43(7,8)9)22-25-34(53)61-50-32(51)23-24-33(50)52)48(15)39(56)35(42(4,5)6)47-38(55)36(49(16)41(58)60-44(10,11)12)45(13,14)29-20-18-17-19-21-29/h17-21,26-27,30-31,35-36H,22-25H2,1-16H3,(H,46,54)(H,47,55)/b28-26+/t30-,31-,35-,36-/m1/s1. The first-order valence-corrected chi connectivity index (χ1v) is 20.7. The summed E-state index contributed by atoms with van der Waals surface area (Å²) in [4.78, 5) is 114. The first-order valence-electron chi connectivity index (χ1n) is 20.7. The fraction of sp³-hybridized carbons (Fsp3) is 0.644. The van der Waals surface area contributed by atoms with Crippen molar-refractivity contribution in [2.24, 2.45) is 11.3 Å². The Morgan fingerprint density at radius 3 is 1.79 bits per heavy atom. The van der Waals surface area contributed by atoms with Crippen LogP contribution in [0.3, 0.4) is 0 Å². The number of amides is 6. The van der Waals surface area contributed by atoms with Crippen LogP contribution in [0.4, 0.5) is 4.79 Å². The molecule has 1 aliphatic rings. The van der Waals surface area contributed by atoms with E-state index in [0.717, 1.165) is 5.56 Å². The third-order valence-corrected chi connectivity index (χ3v) is 10.0. The van der Waals surface area contributed by atoms with Crippen LogP contribution in [0.5, 0.6) is 0 Å². The highest BCUT2D eigenvalue weighted by Gasteiger charge is 2.46. The molecule has 0 saturated carbocycles. The summed E-state index contributed by atoms with van der Waals surface area (Å²) in [5, 5.41) is 6.01. The molecule has 1 aliphatic heterocycles. The summed E-state index contributed by atoms with van der Waals surface area (Å²) >= 11 is 0. The molecule has 340 valence electrons. The van der Waals surface area contributed by atoms with Crippen LogP contribution in [-0.4, -0.2) is 112 Å². The van der Waals surface area contributed by atoms with E-state index in [1.54, 1.807) is 54.7 Å². The Balaban J connectivity index is 2.43. The summed E-state index contributed by atoms with van der Waals surface area (Å²) in [7, 11) is 3.07. The van der Waals surface area contributed by atoms with Gasteiger partial charge in [-0.1, -0.05) is 84.9 Å². The minimum absolute atomic E-state index is 0.0843. The second kappa shape index (κ2) is 20.5. The molecule has 0 aromatic heterocycles. The molecular weight excluding hydrogens is 787 g/mol. The van der Waals surface area contributed by atoms with Crippen molar-refractivity contribution in [2.75, 3.05) is 14.1 Å². The van der Waals surface area contributed by atoms with Crippen LogP contribution in [0.25, 0.3) is 0 Å². The summed E-state index contributed by atoms with van der Waals surface area (Å²) in [5.74, 6) is -5.05. The van der Waals surface area contributed by atoms with Crippen LogP contribution >= 0.6 is 0 Å². The second-order valence-electron chi connectivity index (χ2n) is 19.6. The van der Waals surface area contributed by atoms with Gasteiger partial charge in [0.15, 0.2) is 0 Å². The third-order valence-electron chi connectivity index (χ3n) is 10.0. The molecular formula is C45H69N5O11. The highest BCUT2D eigenvalue weighted by molar-refractivity contribution is 6.01.